The zero-order valence-corrected chi connectivity index (χ0v) is 12.8. The van der Waals surface area contributed by atoms with Crippen molar-refractivity contribution in [3.8, 4) is 0 Å². The summed E-state index contributed by atoms with van der Waals surface area (Å²) in [4.78, 5) is 19.4. The van der Waals surface area contributed by atoms with Crippen LogP contribution in [0.4, 0.5) is 5.82 Å². The second-order valence-electron chi connectivity index (χ2n) is 4.58. The predicted molar refractivity (Wildman–Crippen MR) is 85.2 cm³/mol. The third-order valence-corrected chi connectivity index (χ3v) is 4.03. The lowest BCUT2D eigenvalue weighted by atomic mass is 10.2. The summed E-state index contributed by atoms with van der Waals surface area (Å²) in [6.07, 6.45) is 3.71. The number of nitrogens with zero attached hydrogens (tertiary/aromatic N) is 3. The fourth-order valence-electron chi connectivity index (χ4n) is 2.06. The van der Waals surface area contributed by atoms with E-state index in [1.807, 2.05) is 12.1 Å². The molecule has 3 rings (SSSR count). The molecule has 0 amide bonds. The molecule has 0 atom stereocenters. The minimum Gasteiger partial charge on any atom is -0.464 e. The van der Waals surface area contributed by atoms with E-state index in [4.69, 9.17) is 0 Å². The Morgan fingerprint density at radius 2 is 2.14 bits per heavy atom. The predicted octanol–water partition coefficient (Wildman–Crippen LogP) is 2.53. The molecule has 0 bridgehead atoms. The molecule has 3 aromatic rings. The van der Waals surface area contributed by atoms with Crippen LogP contribution in [-0.4, -0.2) is 34.0 Å². The Balaban J connectivity index is 1.60. The van der Waals surface area contributed by atoms with Crippen molar-refractivity contribution in [1.29, 1.82) is 0 Å². The van der Waals surface area contributed by atoms with Crippen molar-refractivity contribution in [3.05, 3.63) is 48.0 Å². The molecule has 1 N–H and O–H groups in total. The second kappa shape index (κ2) is 6.48. The number of carbonyl (C=O) groups excluding carboxylic acids is 1. The maximum Gasteiger partial charge on any atom is 0.358 e. The number of fused-ring (bicyclic) bond motifs is 1. The van der Waals surface area contributed by atoms with Crippen molar-refractivity contribution in [1.82, 2.24) is 14.3 Å². The molecule has 0 aliphatic rings. The summed E-state index contributed by atoms with van der Waals surface area (Å²) in [6, 6.07) is 8.19. The Morgan fingerprint density at radius 1 is 1.27 bits per heavy atom. The van der Waals surface area contributed by atoms with E-state index in [0.29, 0.717) is 12.4 Å². The lowest BCUT2D eigenvalue weighted by Gasteiger charge is -2.04. The molecule has 0 saturated carbocycles. The highest BCUT2D eigenvalue weighted by Gasteiger charge is 2.08. The van der Waals surface area contributed by atoms with Crippen LogP contribution < -0.4 is 5.32 Å². The van der Waals surface area contributed by atoms with Gasteiger partial charge in [-0.3, -0.25) is 0 Å². The van der Waals surface area contributed by atoms with E-state index < -0.39 is 5.97 Å². The SMILES string of the molecule is COC(=O)c1cnc(NCCc2nsc3ccccc23)cn1. The number of aromatic nitrogens is 3. The number of nitrogens with one attached hydrogen (secondary N) is 1. The van der Waals surface area contributed by atoms with Crippen LogP contribution in [-0.2, 0) is 11.2 Å². The van der Waals surface area contributed by atoms with Crippen molar-refractivity contribution in [2.45, 2.75) is 6.42 Å². The lowest BCUT2D eigenvalue weighted by Crippen LogP contribution is -2.09. The average molecular weight is 314 g/mol. The molecular weight excluding hydrogens is 300 g/mol. The first kappa shape index (κ1) is 14.4. The van der Waals surface area contributed by atoms with Crippen molar-refractivity contribution in [2.75, 3.05) is 19.0 Å². The van der Waals surface area contributed by atoms with Gasteiger partial charge in [0.2, 0.25) is 0 Å². The minimum atomic E-state index is -0.493. The Labute approximate surface area is 131 Å². The van der Waals surface area contributed by atoms with E-state index in [0.717, 1.165) is 12.1 Å². The van der Waals surface area contributed by atoms with Crippen LogP contribution in [0.1, 0.15) is 16.2 Å². The fraction of sp³-hybridized carbons (Fsp3) is 0.200. The van der Waals surface area contributed by atoms with Crippen LogP contribution >= 0.6 is 11.5 Å². The van der Waals surface area contributed by atoms with Crippen molar-refractivity contribution in [3.63, 3.8) is 0 Å². The Bertz CT molecular complexity index is 786. The quantitative estimate of drug-likeness (QED) is 0.729. The van der Waals surface area contributed by atoms with Gasteiger partial charge in [0.05, 0.1) is 29.9 Å². The number of anilines is 1. The highest BCUT2D eigenvalue weighted by atomic mass is 32.1. The Hall–Kier alpha value is -2.54. The minimum absolute atomic E-state index is 0.193. The molecule has 2 aromatic heterocycles. The lowest BCUT2D eigenvalue weighted by molar-refractivity contribution is 0.0593. The summed E-state index contributed by atoms with van der Waals surface area (Å²) in [5.41, 5.74) is 1.27. The number of carbonyl (C=O) groups is 1. The molecule has 112 valence electrons. The summed E-state index contributed by atoms with van der Waals surface area (Å²) in [5.74, 6) is 0.125. The van der Waals surface area contributed by atoms with Gasteiger partial charge < -0.3 is 10.1 Å². The van der Waals surface area contributed by atoms with Crippen LogP contribution in [0.5, 0.6) is 0 Å². The van der Waals surface area contributed by atoms with Crippen LogP contribution in [0.3, 0.4) is 0 Å². The van der Waals surface area contributed by atoms with Gasteiger partial charge in [-0.2, -0.15) is 4.37 Å². The number of methoxy groups -OCH3 is 1. The molecule has 0 unspecified atom stereocenters. The molecule has 2 heterocycles. The smallest absolute Gasteiger partial charge is 0.358 e. The number of rotatable bonds is 5. The van der Waals surface area contributed by atoms with Crippen LogP contribution in [0, 0.1) is 0 Å². The molecule has 0 aliphatic carbocycles. The molecule has 0 aliphatic heterocycles. The second-order valence-corrected chi connectivity index (χ2v) is 5.39. The normalized spacial score (nSPS) is 10.6. The Morgan fingerprint density at radius 3 is 2.91 bits per heavy atom. The number of hydrogen-bond acceptors (Lipinski definition) is 7. The monoisotopic (exact) mass is 314 g/mol. The van der Waals surface area contributed by atoms with Gasteiger partial charge in [0.1, 0.15) is 5.82 Å². The molecule has 0 saturated heterocycles. The molecular formula is C15H14N4O2S. The van der Waals surface area contributed by atoms with Crippen LogP contribution in [0.2, 0.25) is 0 Å². The first-order chi connectivity index (χ1) is 10.8. The third-order valence-electron chi connectivity index (χ3n) is 3.17. The number of benzene rings is 1. The molecule has 0 spiro atoms. The standard InChI is InChI=1S/C15H14N4O2S/c1-21-15(20)12-8-18-14(9-17-12)16-7-6-11-10-4-2-3-5-13(10)22-19-11/h2-5,8-9H,6-7H2,1H3,(H,16,18). The highest BCUT2D eigenvalue weighted by molar-refractivity contribution is 7.13. The number of hydrogen-bond donors (Lipinski definition) is 1. The molecule has 6 nitrogen and oxygen atoms in total. The van der Waals surface area contributed by atoms with Crippen molar-refractivity contribution in [2.24, 2.45) is 0 Å². The van der Waals surface area contributed by atoms with E-state index in [9.17, 15) is 4.79 Å². The van der Waals surface area contributed by atoms with Gasteiger partial charge >= 0.3 is 5.97 Å². The summed E-state index contributed by atoms with van der Waals surface area (Å²) in [5, 5.41) is 4.37. The number of ether oxygens (including phenoxy) is 1. The average Bonchev–Trinajstić information content (AvgIpc) is 2.98. The first-order valence-electron chi connectivity index (χ1n) is 6.75. The number of esters is 1. The molecule has 0 fully saturated rings. The van der Waals surface area contributed by atoms with Gasteiger partial charge in [-0.1, -0.05) is 18.2 Å². The van der Waals surface area contributed by atoms with Crippen LogP contribution in [0.15, 0.2) is 36.7 Å². The van der Waals surface area contributed by atoms with E-state index in [1.165, 1.54) is 41.1 Å². The van der Waals surface area contributed by atoms with E-state index >= 15 is 0 Å². The first-order valence-corrected chi connectivity index (χ1v) is 7.53. The maximum atomic E-state index is 11.3. The van der Waals surface area contributed by atoms with E-state index in [1.54, 1.807) is 0 Å². The van der Waals surface area contributed by atoms with Gasteiger partial charge in [-0.15, -0.1) is 0 Å². The van der Waals surface area contributed by atoms with Gasteiger partial charge in [0.25, 0.3) is 0 Å². The van der Waals surface area contributed by atoms with E-state index in [-0.39, 0.29) is 5.69 Å². The van der Waals surface area contributed by atoms with Gasteiger partial charge in [-0.05, 0) is 17.6 Å². The zero-order valence-electron chi connectivity index (χ0n) is 11.9. The fourth-order valence-corrected chi connectivity index (χ4v) is 2.88. The Kier molecular flexibility index (Phi) is 4.24. The van der Waals surface area contributed by atoms with Gasteiger partial charge in [0.15, 0.2) is 5.69 Å². The van der Waals surface area contributed by atoms with Crippen molar-refractivity contribution < 1.29 is 9.53 Å². The highest BCUT2D eigenvalue weighted by Crippen LogP contribution is 2.22. The topological polar surface area (TPSA) is 77.0 Å². The summed E-state index contributed by atoms with van der Waals surface area (Å²) < 4.78 is 10.3. The molecule has 1 aromatic carbocycles. The summed E-state index contributed by atoms with van der Waals surface area (Å²) in [7, 11) is 1.31. The van der Waals surface area contributed by atoms with Crippen molar-refractivity contribution >= 4 is 33.4 Å². The van der Waals surface area contributed by atoms with Gasteiger partial charge in [-0.25, -0.2) is 14.8 Å². The largest absolute Gasteiger partial charge is 0.464 e. The van der Waals surface area contributed by atoms with Crippen LogP contribution in [0.25, 0.3) is 10.1 Å². The zero-order chi connectivity index (χ0) is 15.4. The molecule has 7 heteroatoms. The molecule has 22 heavy (non-hydrogen) atoms. The van der Waals surface area contributed by atoms with Gasteiger partial charge in [0, 0.05) is 18.4 Å². The summed E-state index contributed by atoms with van der Waals surface area (Å²) >= 11 is 1.51. The van der Waals surface area contributed by atoms with E-state index in [2.05, 4.69) is 36.5 Å². The third kappa shape index (κ3) is 3.04. The summed E-state index contributed by atoms with van der Waals surface area (Å²) in [6.45, 7) is 0.694. The maximum absolute atomic E-state index is 11.3. The molecule has 0 radical (unpaired) electrons.